The van der Waals surface area contributed by atoms with E-state index in [1.165, 1.54) is 22.3 Å². The fourth-order valence-corrected chi connectivity index (χ4v) is 5.63. The summed E-state index contributed by atoms with van der Waals surface area (Å²) in [6.07, 6.45) is 11.2. The Morgan fingerprint density at radius 1 is 1.00 bits per heavy atom. The van der Waals surface area contributed by atoms with Crippen molar-refractivity contribution in [1.82, 2.24) is 9.80 Å². The minimum atomic E-state index is 0.307. The molecule has 0 saturated heterocycles. The summed E-state index contributed by atoms with van der Waals surface area (Å²) in [6.45, 7) is 8.59. The van der Waals surface area contributed by atoms with Crippen molar-refractivity contribution in [2.75, 3.05) is 33.8 Å². The lowest BCUT2D eigenvalue weighted by atomic mass is 9.72. The van der Waals surface area contributed by atoms with Crippen LogP contribution in [0.3, 0.4) is 0 Å². The number of fused-ring (bicyclic) bond motifs is 1. The molecule has 0 aliphatic heterocycles. The molecule has 4 heteroatoms. The molecule has 0 radical (unpaired) electrons. The zero-order valence-corrected chi connectivity index (χ0v) is 21.9. The maximum absolute atomic E-state index is 9.89. The summed E-state index contributed by atoms with van der Waals surface area (Å²) in [6, 6.07) is 15.4. The highest BCUT2D eigenvalue weighted by Gasteiger charge is 2.34. The molecule has 188 valence electrons. The Bertz CT molecular complexity index is 1030. The van der Waals surface area contributed by atoms with Gasteiger partial charge >= 0.3 is 0 Å². The van der Waals surface area contributed by atoms with Crippen molar-refractivity contribution in [1.29, 1.82) is 0 Å². The molecule has 2 aromatic carbocycles. The van der Waals surface area contributed by atoms with Crippen molar-refractivity contribution in [2.45, 2.75) is 52.1 Å². The van der Waals surface area contributed by atoms with E-state index in [0.717, 1.165) is 57.6 Å². The SMILES string of the molecule is CCN(C)CCc1ccc(CN(CC)C2C=C(OC)C=CC2[C@@H]2CCc3cc(O)ccc3C2)cc1. The fraction of sp³-hybridized carbons (Fsp3) is 0.484. The second-order valence-electron chi connectivity index (χ2n) is 10.2. The molecular weight excluding hydrogens is 432 g/mol. The van der Waals surface area contributed by atoms with Crippen molar-refractivity contribution in [2.24, 2.45) is 11.8 Å². The van der Waals surface area contributed by atoms with Gasteiger partial charge in [0.15, 0.2) is 0 Å². The van der Waals surface area contributed by atoms with Crippen LogP contribution in [-0.4, -0.2) is 54.7 Å². The van der Waals surface area contributed by atoms with Gasteiger partial charge in [0.1, 0.15) is 11.5 Å². The van der Waals surface area contributed by atoms with Crippen molar-refractivity contribution in [3.8, 4) is 5.75 Å². The van der Waals surface area contributed by atoms with Crippen LogP contribution in [0.2, 0.25) is 0 Å². The van der Waals surface area contributed by atoms with Gasteiger partial charge in [0, 0.05) is 19.1 Å². The summed E-state index contributed by atoms with van der Waals surface area (Å²) in [5, 5.41) is 9.89. The predicted molar refractivity (Wildman–Crippen MR) is 145 cm³/mol. The van der Waals surface area contributed by atoms with Gasteiger partial charge in [0.2, 0.25) is 0 Å². The molecule has 3 atom stereocenters. The highest BCUT2D eigenvalue weighted by atomic mass is 16.5. The number of methoxy groups -OCH3 is 1. The summed E-state index contributed by atoms with van der Waals surface area (Å²) in [5.41, 5.74) is 5.47. The minimum Gasteiger partial charge on any atom is -0.508 e. The molecule has 0 aromatic heterocycles. The lowest BCUT2D eigenvalue weighted by Crippen LogP contribution is -2.43. The van der Waals surface area contributed by atoms with Crippen LogP contribution in [0.4, 0.5) is 0 Å². The monoisotopic (exact) mass is 474 g/mol. The molecule has 2 unspecified atom stereocenters. The Hall–Kier alpha value is -2.56. The van der Waals surface area contributed by atoms with E-state index in [4.69, 9.17) is 4.74 Å². The van der Waals surface area contributed by atoms with Crippen molar-refractivity contribution in [3.05, 3.63) is 88.7 Å². The van der Waals surface area contributed by atoms with E-state index in [-0.39, 0.29) is 0 Å². The zero-order chi connectivity index (χ0) is 24.8. The van der Waals surface area contributed by atoms with Gasteiger partial charge in [0.05, 0.1) is 7.11 Å². The average molecular weight is 475 g/mol. The third kappa shape index (κ3) is 6.36. The van der Waals surface area contributed by atoms with Crippen molar-refractivity contribution < 1.29 is 9.84 Å². The first kappa shape index (κ1) is 25.5. The standard InChI is InChI=1S/C31H42N2O2/c1-5-32(3)18-17-23-7-9-24(10-8-23)22-33(6-2)31-21-29(35-4)15-16-30(31)27-12-11-26-20-28(34)14-13-25(26)19-27/h7-10,13-16,20-21,27,30-31,34H,5-6,11-12,17-19,22H2,1-4H3/t27-,30?,31?/m1/s1. The van der Waals surface area contributed by atoms with Crippen LogP contribution in [0, 0.1) is 11.8 Å². The number of rotatable bonds is 10. The number of hydrogen-bond donors (Lipinski definition) is 1. The second-order valence-corrected chi connectivity index (χ2v) is 10.2. The highest BCUT2D eigenvalue weighted by molar-refractivity contribution is 5.37. The van der Waals surface area contributed by atoms with Crippen molar-refractivity contribution in [3.63, 3.8) is 0 Å². The van der Waals surface area contributed by atoms with Crippen molar-refractivity contribution >= 4 is 0 Å². The molecule has 2 aliphatic carbocycles. The molecule has 4 rings (SSSR count). The number of likely N-dealkylation sites (N-methyl/N-ethyl adjacent to an activating group) is 2. The minimum absolute atomic E-state index is 0.307. The molecule has 2 aliphatic rings. The number of aryl methyl sites for hydroxylation is 1. The molecule has 0 spiro atoms. The molecular formula is C31H42N2O2. The number of aromatic hydroxyl groups is 1. The molecule has 0 heterocycles. The van der Waals surface area contributed by atoms with E-state index in [2.05, 4.69) is 79.3 Å². The number of phenols is 1. The molecule has 35 heavy (non-hydrogen) atoms. The molecule has 4 nitrogen and oxygen atoms in total. The highest BCUT2D eigenvalue weighted by Crippen LogP contribution is 2.38. The van der Waals surface area contributed by atoms with Gasteiger partial charge in [-0.1, -0.05) is 50.3 Å². The first-order chi connectivity index (χ1) is 17.0. The molecule has 0 saturated carbocycles. The van der Waals surface area contributed by atoms with Gasteiger partial charge in [-0.15, -0.1) is 0 Å². The second kappa shape index (κ2) is 11.9. The third-order valence-corrected chi connectivity index (χ3v) is 8.01. The van der Waals surface area contributed by atoms with Gasteiger partial charge in [-0.25, -0.2) is 0 Å². The number of benzene rings is 2. The molecule has 0 fully saturated rings. The van der Waals surface area contributed by atoms with Crippen LogP contribution >= 0.6 is 0 Å². The molecule has 1 N–H and O–H groups in total. The summed E-state index contributed by atoms with van der Waals surface area (Å²) in [7, 11) is 3.95. The Morgan fingerprint density at radius 2 is 1.77 bits per heavy atom. The average Bonchev–Trinajstić information content (AvgIpc) is 2.90. The molecule has 0 amide bonds. The van der Waals surface area contributed by atoms with E-state index in [1.807, 2.05) is 12.1 Å². The van der Waals surface area contributed by atoms with Crippen LogP contribution in [0.25, 0.3) is 0 Å². The van der Waals surface area contributed by atoms with Crippen LogP contribution in [0.5, 0.6) is 5.75 Å². The Balaban J connectivity index is 1.48. The quantitative estimate of drug-likeness (QED) is 0.486. The van der Waals surface area contributed by atoms with E-state index in [1.54, 1.807) is 7.11 Å². The lowest BCUT2D eigenvalue weighted by molar-refractivity contribution is 0.147. The van der Waals surface area contributed by atoms with Gasteiger partial charge in [0.25, 0.3) is 0 Å². The van der Waals surface area contributed by atoms with E-state index in [0.29, 0.717) is 23.6 Å². The summed E-state index contributed by atoms with van der Waals surface area (Å²) < 4.78 is 5.66. The number of ether oxygens (including phenoxy) is 1. The smallest absolute Gasteiger partial charge is 0.116 e. The largest absolute Gasteiger partial charge is 0.508 e. The topological polar surface area (TPSA) is 35.9 Å². The Morgan fingerprint density at radius 3 is 2.49 bits per heavy atom. The first-order valence-electron chi connectivity index (χ1n) is 13.3. The van der Waals surface area contributed by atoms with Gasteiger partial charge in [-0.05, 0) is 104 Å². The maximum atomic E-state index is 9.89. The van der Waals surface area contributed by atoms with Crippen LogP contribution < -0.4 is 0 Å². The summed E-state index contributed by atoms with van der Waals surface area (Å²) in [4.78, 5) is 4.95. The first-order valence-corrected chi connectivity index (χ1v) is 13.3. The van der Waals surface area contributed by atoms with Crippen LogP contribution in [0.1, 0.15) is 42.5 Å². The molecule has 0 bridgehead atoms. The van der Waals surface area contributed by atoms with Crippen LogP contribution in [0.15, 0.2) is 66.5 Å². The number of hydrogen-bond acceptors (Lipinski definition) is 4. The number of allylic oxidation sites excluding steroid dienone is 1. The Kier molecular flexibility index (Phi) is 8.69. The molecule has 2 aromatic rings. The Labute approximate surface area is 211 Å². The third-order valence-electron chi connectivity index (χ3n) is 8.01. The lowest BCUT2D eigenvalue weighted by Gasteiger charge is -2.41. The van der Waals surface area contributed by atoms with Gasteiger partial charge < -0.3 is 14.7 Å². The number of nitrogens with zero attached hydrogens (tertiary/aromatic N) is 2. The van der Waals surface area contributed by atoms with E-state index in [9.17, 15) is 5.11 Å². The van der Waals surface area contributed by atoms with Crippen LogP contribution in [-0.2, 0) is 30.5 Å². The predicted octanol–water partition coefficient (Wildman–Crippen LogP) is 5.60. The normalized spacial score (nSPS) is 21.8. The fourth-order valence-electron chi connectivity index (χ4n) is 5.63. The summed E-state index contributed by atoms with van der Waals surface area (Å²) in [5.74, 6) is 2.36. The summed E-state index contributed by atoms with van der Waals surface area (Å²) >= 11 is 0. The van der Waals surface area contributed by atoms with E-state index >= 15 is 0 Å². The maximum Gasteiger partial charge on any atom is 0.116 e. The van der Waals surface area contributed by atoms with E-state index < -0.39 is 0 Å². The van der Waals surface area contributed by atoms with Gasteiger partial charge in [-0.3, -0.25) is 4.90 Å². The van der Waals surface area contributed by atoms with Gasteiger partial charge in [-0.2, -0.15) is 0 Å². The number of phenolic OH excluding ortho intramolecular Hbond substituents is 1. The zero-order valence-electron chi connectivity index (χ0n) is 21.9.